The van der Waals surface area contributed by atoms with Gasteiger partial charge in [0, 0.05) is 6.61 Å². The van der Waals surface area contributed by atoms with E-state index in [1.54, 1.807) is 6.07 Å². The highest BCUT2D eigenvalue weighted by Gasteiger charge is 2.24. The van der Waals surface area contributed by atoms with Crippen molar-refractivity contribution in [2.75, 3.05) is 19.8 Å². The van der Waals surface area contributed by atoms with Gasteiger partial charge in [-0.15, -0.1) is 0 Å². The molecule has 0 saturated carbocycles. The molecule has 0 aromatic carbocycles. The number of carbonyl (C=O) groups excluding carboxylic acids is 1. The molecule has 4 nitrogen and oxygen atoms in total. The predicted octanol–water partition coefficient (Wildman–Crippen LogP) is 0.0897. The summed E-state index contributed by atoms with van der Waals surface area (Å²) in [6, 6.07) is 1.74. The van der Waals surface area contributed by atoms with E-state index in [1.807, 2.05) is 0 Å². The van der Waals surface area contributed by atoms with E-state index in [-0.39, 0.29) is 18.5 Å². The quantitative estimate of drug-likeness (QED) is 0.530. The van der Waals surface area contributed by atoms with Crippen LogP contribution in [0, 0.1) is 17.2 Å². The number of nitriles is 1. The summed E-state index contributed by atoms with van der Waals surface area (Å²) < 4.78 is 9.57. The van der Waals surface area contributed by atoms with Gasteiger partial charge in [0.1, 0.15) is 6.07 Å². The number of nitrogens with zero attached hydrogens (tertiary/aromatic N) is 1. The van der Waals surface area contributed by atoms with E-state index in [0.717, 1.165) is 0 Å². The van der Waals surface area contributed by atoms with Gasteiger partial charge in [-0.2, -0.15) is 5.26 Å². The molecule has 0 N–H and O–H groups in total. The zero-order chi connectivity index (χ0) is 8.10. The van der Waals surface area contributed by atoms with E-state index in [1.165, 1.54) is 0 Å². The summed E-state index contributed by atoms with van der Waals surface area (Å²) in [4.78, 5) is 11.0. The third-order valence-corrected chi connectivity index (χ3v) is 1.54. The second kappa shape index (κ2) is 3.94. The van der Waals surface area contributed by atoms with Crippen molar-refractivity contribution >= 4 is 5.97 Å². The number of carbonyl (C=O) groups is 1. The van der Waals surface area contributed by atoms with E-state index in [4.69, 9.17) is 10.00 Å². The monoisotopic (exact) mass is 155 g/mol. The first-order chi connectivity index (χ1) is 5.34. The van der Waals surface area contributed by atoms with Gasteiger partial charge in [0.25, 0.3) is 0 Å². The molecule has 0 spiro atoms. The lowest BCUT2D eigenvalue weighted by Crippen LogP contribution is -2.17. The average Bonchev–Trinajstić information content (AvgIpc) is 2.52. The average molecular weight is 155 g/mol. The highest BCUT2D eigenvalue weighted by Crippen LogP contribution is 2.13. The van der Waals surface area contributed by atoms with Crippen molar-refractivity contribution in [1.29, 1.82) is 5.26 Å². The number of hydrogen-bond acceptors (Lipinski definition) is 4. The molecule has 1 atom stereocenters. The van der Waals surface area contributed by atoms with Crippen molar-refractivity contribution in [2.24, 2.45) is 5.92 Å². The molecule has 0 aromatic rings. The third kappa shape index (κ3) is 2.20. The molecule has 1 aliphatic heterocycles. The molecule has 1 unspecified atom stereocenters. The summed E-state index contributed by atoms with van der Waals surface area (Å²) in [5.41, 5.74) is 0. The molecule has 0 aromatic heterocycles. The van der Waals surface area contributed by atoms with Crippen molar-refractivity contribution in [3.05, 3.63) is 0 Å². The molecule has 1 saturated heterocycles. The summed E-state index contributed by atoms with van der Waals surface area (Å²) in [6.45, 7) is 0.895. The topological polar surface area (TPSA) is 59.3 Å². The normalized spacial score (nSPS) is 22.6. The fraction of sp³-hybridized carbons (Fsp3) is 0.714. The van der Waals surface area contributed by atoms with Gasteiger partial charge >= 0.3 is 5.97 Å². The molecule has 0 bridgehead atoms. The number of hydrogen-bond donors (Lipinski definition) is 0. The van der Waals surface area contributed by atoms with Crippen molar-refractivity contribution in [1.82, 2.24) is 0 Å². The lowest BCUT2D eigenvalue weighted by molar-refractivity contribution is -0.146. The highest BCUT2D eigenvalue weighted by atomic mass is 16.5. The van der Waals surface area contributed by atoms with Crippen LogP contribution in [-0.4, -0.2) is 25.8 Å². The maximum atomic E-state index is 11.0. The fourth-order valence-electron chi connectivity index (χ4n) is 0.942. The van der Waals surface area contributed by atoms with E-state index in [9.17, 15) is 4.79 Å². The molecular formula is C7H9NO3. The van der Waals surface area contributed by atoms with Crippen LogP contribution < -0.4 is 0 Å². The Balaban J connectivity index is 2.24. The van der Waals surface area contributed by atoms with Gasteiger partial charge in [-0.05, 0) is 6.42 Å². The van der Waals surface area contributed by atoms with Crippen LogP contribution in [0.4, 0.5) is 0 Å². The van der Waals surface area contributed by atoms with E-state index in [0.29, 0.717) is 19.6 Å². The molecule has 1 heterocycles. The van der Waals surface area contributed by atoms with Crippen LogP contribution in [-0.2, 0) is 14.3 Å². The van der Waals surface area contributed by atoms with Crippen LogP contribution >= 0.6 is 0 Å². The summed E-state index contributed by atoms with van der Waals surface area (Å²) in [6.07, 6.45) is 0.713. The summed E-state index contributed by atoms with van der Waals surface area (Å²) >= 11 is 0. The van der Waals surface area contributed by atoms with Gasteiger partial charge < -0.3 is 9.47 Å². The van der Waals surface area contributed by atoms with Crippen LogP contribution in [0.15, 0.2) is 0 Å². The predicted molar refractivity (Wildman–Crippen MR) is 35.5 cm³/mol. The first kappa shape index (κ1) is 8.02. The van der Waals surface area contributed by atoms with Gasteiger partial charge in [-0.1, -0.05) is 0 Å². The molecule has 11 heavy (non-hydrogen) atoms. The standard InChI is InChI=1S/C7H9NO3/c8-2-4-11-7(9)6-1-3-10-5-6/h6H,1,3-5H2. The largest absolute Gasteiger partial charge is 0.450 e. The minimum absolute atomic E-state index is 0.150. The molecule has 60 valence electrons. The van der Waals surface area contributed by atoms with E-state index >= 15 is 0 Å². The smallest absolute Gasteiger partial charge is 0.312 e. The zero-order valence-electron chi connectivity index (χ0n) is 6.08. The molecule has 1 rings (SSSR count). The Morgan fingerprint density at radius 3 is 3.18 bits per heavy atom. The van der Waals surface area contributed by atoms with Crippen molar-refractivity contribution in [2.45, 2.75) is 6.42 Å². The van der Waals surface area contributed by atoms with Gasteiger partial charge in [0.2, 0.25) is 0 Å². The molecule has 1 fully saturated rings. The fourth-order valence-corrected chi connectivity index (χ4v) is 0.942. The van der Waals surface area contributed by atoms with Gasteiger partial charge in [0.15, 0.2) is 6.61 Å². The lowest BCUT2D eigenvalue weighted by atomic mass is 10.1. The Bertz CT molecular complexity index is 179. The first-order valence-electron chi connectivity index (χ1n) is 3.46. The Hall–Kier alpha value is -1.08. The molecule has 0 amide bonds. The van der Waals surface area contributed by atoms with Crippen molar-refractivity contribution < 1.29 is 14.3 Å². The van der Waals surface area contributed by atoms with E-state index < -0.39 is 0 Å². The molecule has 1 aliphatic rings. The minimum atomic E-state index is -0.316. The van der Waals surface area contributed by atoms with Crippen LogP contribution in [0.1, 0.15) is 6.42 Å². The lowest BCUT2D eigenvalue weighted by Gasteiger charge is -2.03. The highest BCUT2D eigenvalue weighted by molar-refractivity contribution is 5.72. The maximum Gasteiger partial charge on any atom is 0.312 e. The Kier molecular flexibility index (Phi) is 2.87. The number of esters is 1. The Morgan fingerprint density at radius 2 is 2.64 bits per heavy atom. The second-order valence-electron chi connectivity index (χ2n) is 2.33. The van der Waals surface area contributed by atoms with Crippen LogP contribution in [0.25, 0.3) is 0 Å². The van der Waals surface area contributed by atoms with Crippen LogP contribution in [0.5, 0.6) is 0 Å². The van der Waals surface area contributed by atoms with Gasteiger partial charge in [-0.25, -0.2) is 0 Å². The number of ether oxygens (including phenoxy) is 2. The van der Waals surface area contributed by atoms with Crippen LogP contribution in [0.2, 0.25) is 0 Å². The second-order valence-corrected chi connectivity index (χ2v) is 2.33. The molecule has 0 aliphatic carbocycles. The van der Waals surface area contributed by atoms with Gasteiger partial charge in [0.05, 0.1) is 12.5 Å². The number of rotatable bonds is 2. The first-order valence-corrected chi connectivity index (χ1v) is 3.46. The third-order valence-electron chi connectivity index (χ3n) is 1.54. The minimum Gasteiger partial charge on any atom is -0.450 e. The van der Waals surface area contributed by atoms with Crippen molar-refractivity contribution in [3.63, 3.8) is 0 Å². The van der Waals surface area contributed by atoms with Gasteiger partial charge in [-0.3, -0.25) is 4.79 Å². The van der Waals surface area contributed by atoms with E-state index in [2.05, 4.69) is 4.74 Å². The summed E-state index contributed by atoms with van der Waals surface area (Å²) in [5, 5.41) is 8.10. The zero-order valence-corrected chi connectivity index (χ0v) is 6.08. The summed E-state index contributed by atoms with van der Waals surface area (Å²) in [5.74, 6) is -0.465. The Labute approximate surface area is 64.7 Å². The molecule has 4 heteroatoms. The SMILES string of the molecule is N#CCOC(=O)C1CCOC1. The Morgan fingerprint density at radius 1 is 1.82 bits per heavy atom. The summed E-state index contributed by atoms with van der Waals surface area (Å²) in [7, 11) is 0. The molecular weight excluding hydrogens is 146 g/mol. The maximum absolute atomic E-state index is 11.0. The van der Waals surface area contributed by atoms with Crippen molar-refractivity contribution in [3.8, 4) is 6.07 Å². The van der Waals surface area contributed by atoms with Crippen LogP contribution in [0.3, 0.4) is 0 Å². The molecule has 0 radical (unpaired) electrons.